The summed E-state index contributed by atoms with van der Waals surface area (Å²) < 4.78 is 15.9. The summed E-state index contributed by atoms with van der Waals surface area (Å²) >= 11 is 0. The Bertz CT molecular complexity index is 1100. The zero-order chi connectivity index (χ0) is 23.5. The molecule has 0 atom stereocenters. The Labute approximate surface area is 195 Å². The molecule has 33 heavy (non-hydrogen) atoms. The molecule has 0 aliphatic carbocycles. The highest BCUT2D eigenvalue weighted by molar-refractivity contribution is 5.94. The van der Waals surface area contributed by atoms with Crippen LogP contribution >= 0.6 is 0 Å². The molecule has 3 rings (SSSR count). The van der Waals surface area contributed by atoms with E-state index in [2.05, 4.69) is 0 Å². The van der Waals surface area contributed by atoms with Crippen LogP contribution in [0.25, 0.3) is 17.5 Å². The molecule has 0 aromatic heterocycles. The lowest BCUT2D eigenvalue weighted by Crippen LogP contribution is -2.01. The SMILES string of the molecule is CCOC/C=C/c1ccc(C=N/C(=C(\N)c2ccc(OC)cc2)c2ccc(OC)cc2)cc1. The summed E-state index contributed by atoms with van der Waals surface area (Å²) in [5.41, 5.74) is 11.7. The van der Waals surface area contributed by atoms with E-state index >= 15 is 0 Å². The van der Waals surface area contributed by atoms with E-state index in [9.17, 15) is 0 Å². The van der Waals surface area contributed by atoms with Gasteiger partial charge < -0.3 is 19.9 Å². The molecule has 0 heterocycles. The predicted octanol–water partition coefficient (Wildman–Crippen LogP) is 5.66. The summed E-state index contributed by atoms with van der Waals surface area (Å²) in [6, 6.07) is 23.5. The second-order valence-electron chi connectivity index (χ2n) is 7.21. The highest BCUT2D eigenvalue weighted by Crippen LogP contribution is 2.27. The largest absolute Gasteiger partial charge is 0.497 e. The third-order valence-corrected chi connectivity index (χ3v) is 5.03. The molecule has 3 aromatic rings. The fraction of sp³-hybridized carbons (Fsp3) is 0.179. The van der Waals surface area contributed by atoms with Gasteiger partial charge in [-0.15, -0.1) is 0 Å². The van der Waals surface area contributed by atoms with Gasteiger partial charge in [-0.05, 0) is 72.1 Å². The lowest BCUT2D eigenvalue weighted by Gasteiger charge is -2.10. The summed E-state index contributed by atoms with van der Waals surface area (Å²) in [4.78, 5) is 4.77. The van der Waals surface area contributed by atoms with Gasteiger partial charge >= 0.3 is 0 Å². The first kappa shape index (κ1) is 23.8. The molecule has 0 aliphatic rings. The molecule has 170 valence electrons. The second-order valence-corrected chi connectivity index (χ2v) is 7.21. The smallest absolute Gasteiger partial charge is 0.118 e. The molecule has 5 nitrogen and oxygen atoms in total. The summed E-state index contributed by atoms with van der Waals surface area (Å²) in [6.07, 6.45) is 5.87. The molecule has 0 amide bonds. The Balaban J connectivity index is 1.90. The van der Waals surface area contributed by atoms with Crippen LogP contribution < -0.4 is 15.2 Å². The Hall–Kier alpha value is -3.83. The molecule has 2 N–H and O–H groups in total. The number of hydrogen-bond donors (Lipinski definition) is 1. The number of aliphatic imine (C=N–C) groups is 1. The molecule has 3 aromatic carbocycles. The zero-order valence-electron chi connectivity index (χ0n) is 19.3. The average molecular weight is 443 g/mol. The number of methoxy groups -OCH3 is 2. The number of nitrogens with two attached hydrogens (primary N) is 1. The minimum atomic E-state index is 0.578. The molecular formula is C28H30N2O3. The van der Waals surface area contributed by atoms with Crippen molar-refractivity contribution in [3.63, 3.8) is 0 Å². The van der Waals surface area contributed by atoms with E-state index in [0.29, 0.717) is 24.6 Å². The van der Waals surface area contributed by atoms with Crippen LogP contribution in [0.3, 0.4) is 0 Å². The van der Waals surface area contributed by atoms with Gasteiger partial charge in [-0.1, -0.05) is 36.4 Å². The van der Waals surface area contributed by atoms with E-state index in [1.165, 1.54) is 0 Å². The predicted molar refractivity (Wildman–Crippen MR) is 137 cm³/mol. The first-order valence-corrected chi connectivity index (χ1v) is 10.8. The first-order valence-electron chi connectivity index (χ1n) is 10.8. The van der Waals surface area contributed by atoms with Gasteiger partial charge in [0.05, 0.1) is 32.2 Å². The Morgan fingerprint density at radius 1 is 0.788 bits per heavy atom. The van der Waals surface area contributed by atoms with Crippen LogP contribution in [0.4, 0.5) is 0 Å². The van der Waals surface area contributed by atoms with Gasteiger partial charge in [0.2, 0.25) is 0 Å². The van der Waals surface area contributed by atoms with Crippen molar-refractivity contribution < 1.29 is 14.2 Å². The summed E-state index contributed by atoms with van der Waals surface area (Å²) in [5.74, 6) is 1.55. The minimum absolute atomic E-state index is 0.578. The summed E-state index contributed by atoms with van der Waals surface area (Å²) in [6.45, 7) is 3.31. The fourth-order valence-electron chi connectivity index (χ4n) is 3.16. The first-order chi connectivity index (χ1) is 16.1. The van der Waals surface area contributed by atoms with Crippen molar-refractivity contribution in [2.45, 2.75) is 6.92 Å². The molecule has 0 saturated carbocycles. The summed E-state index contributed by atoms with van der Waals surface area (Å²) in [5, 5.41) is 0. The number of hydrogen-bond acceptors (Lipinski definition) is 5. The highest BCUT2D eigenvalue weighted by Gasteiger charge is 2.09. The van der Waals surface area contributed by atoms with E-state index in [1.54, 1.807) is 14.2 Å². The van der Waals surface area contributed by atoms with E-state index in [1.807, 2.05) is 98.1 Å². The summed E-state index contributed by atoms with van der Waals surface area (Å²) in [7, 11) is 3.28. The lowest BCUT2D eigenvalue weighted by molar-refractivity contribution is 0.178. The van der Waals surface area contributed by atoms with Crippen molar-refractivity contribution in [2.75, 3.05) is 27.4 Å². The Morgan fingerprint density at radius 3 is 1.88 bits per heavy atom. The molecule has 0 radical (unpaired) electrons. The maximum atomic E-state index is 6.57. The van der Waals surface area contributed by atoms with Crippen molar-refractivity contribution in [3.8, 4) is 11.5 Å². The van der Waals surface area contributed by atoms with Gasteiger partial charge in [0.15, 0.2) is 0 Å². The van der Waals surface area contributed by atoms with Crippen molar-refractivity contribution >= 4 is 23.7 Å². The molecule has 0 bridgehead atoms. The maximum absolute atomic E-state index is 6.57. The van der Waals surface area contributed by atoms with Crippen LogP contribution in [0.2, 0.25) is 0 Å². The van der Waals surface area contributed by atoms with Crippen LogP contribution in [0.5, 0.6) is 11.5 Å². The van der Waals surface area contributed by atoms with Crippen LogP contribution in [0, 0.1) is 0 Å². The molecule has 0 fully saturated rings. The highest BCUT2D eigenvalue weighted by atomic mass is 16.5. The minimum Gasteiger partial charge on any atom is -0.497 e. The monoisotopic (exact) mass is 442 g/mol. The van der Waals surface area contributed by atoms with Crippen molar-refractivity contribution in [3.05, 3.63) is 101 Å². The van der Waals surface area contributed by atoms with E-state index in [0.717, 1.165) is 33.8 Å². The quantitative estimate of drug-likeness (QED) is 0.250. The third-order valence-electron chi connectivity index (χ3n) is 5.03. The number of ether oxygens (including phenoxy) is 3. The molecular weight excluding hydrogens is 412 g/mol. The van der Waals surface area contributed by atoms with E-state index in [4.69, 9.17) is 24.9 Å². The van der Waals surface area contributed by atoms with Crippen molar-refractivity contribution in [1.29, 1.82) is 0 Å². The van der Waals surface area contributed by atoms with Crippen LogP contribution in [-0.2, 0) is 4.74 Å². The van der Waals surface area contributed by atoms with Crippen molar-refractivity contribution in [1.82, 2.24) is 0 Å². The third kappa shape index (κ3) is 6.82. The van der Waals surface area contributed by atoms with Crippen LogP contribution in [0.1, 0.15) is 29.2 Å². The number of benzene rings is 3. The normalized spacial score (nSPS) is 12.2. The fourth-order valence-corrected chi connectivity index (χ4v) is 3.16. The average Bonchev–Trinajstić information content (AvgIpc) is 2.88. The Kier molecular flexibility index (Phi) is 8.86. The van der Waals surface area contributed by atoms with E-state index < -0.39 is 0 Å². The second kappa shape index (κ2) is 12.3. The maximum Gasteiger partial charge on any atom is 0.118 e. The van der Waals surface area contributed by atoms with Gasteiger partial charge in [0, 0.05) is 18.4 Å². The Morgan fingerprint density at radius 2 is 1.33 bits per heavy atom. The molecule has 0 saturated heterocycles. The standard InChI is InChI=1S/C28H30N2O3/c1-4-33-19-5-6-21-7-9-22(10-8-21)20-30-28(24-13-17-26(32-3)18-14-24)27(29)23-11-15-25(31-2)16-12-23/h5-18,20H,4,19,29H2,1-3H3/b6-5+,28-27-,30-20?. The van der Waals surface area contributed by atoms with Crippen LogP contribution in [0.15, 0.2) is 83.9 Å². The molecule has 0 spiro atoms. The topological polar surface area (TPSA) is 66.1 Å². The number of rotatable bonds is 10. The molecule has 5 heteroatoms. The van der Waals surface area contributed by atoms with Crippen LogP contribution in [-0.4, -0.2) is 33.6 Å². The lowest BCUT2D eigenvalue weighted by atomic mass is 10.0. The van der Waals surface area contributed by atoms with Crippen molar-refractivity contribution in [2.24, 2.45) is 10.7 Å². The van der Waals surface area contributed by atoms with Gasteiger partial charge in [-0.2, -0.15) is 0 Å². The zero-order valence-corrected chi connectivity index (χ0v) is 19.3. The molecule has 0 unspecified atom stereocenters. The molecule has 0 aliphatic heterocycles. The van der Waals surface area contributed by atoms with Gasteiger partial charge in [0.25, 0.3) is 0 Å². The van der Waals surface area contributed by atoms with Gasteiger partial charge in [-0.3, -0.25) is 4.99 Å². The van der Waals surface area contributed by atoms with Gasteiger partial charge in [-0.25, -0.2) is 0 Å². The van der Waals surface area contributed by atoms with E-state index in [-0.39, 0.29) is 0 Å². The number of nitrogens with zero attached hydrogens (tertiary/aromatic N) is 1. The van der Waals surface area contributed by atoms with Gasteiger partial charge in [0.1, 0.15) is 11.5 Å².